The van der Waals surface area contributed by atoms with Gasteiger partial charge in [0.05, 0.1) is 12.6 Å². The molecule has 0 spiro atoms. The average Bonchev–Trinajstić information content (AvgIpc) is 3.04. The lowest BCUT2D eigenvalue weighted by atomic mass is 10.1. The molecule has 0 atom stereocenters. The van der Waals surface area contributed by atoms with Crippen LogP contribution in [0.15, 0.2) is 66.7 Å². The van der Waals surface area contributed by atoms with E-state index in [-0.39, 0.29) is 0 Å². The van der Waals surface area contributed by atoms with Gasteiger partial charge in [0.25, 0.3) is 0 Å². The number of fused-ring (bicyclic) bond motifs is 1. The van der Waals surface area contributed by atoms with Crippen LogP contribution in [0.4, 0.5) is 0 Å². The fourth-order valence-corrected chi connectivity index (χ4v) is 3.35. The van der Waals surface area contributed by atoms with E-state index in [1.54, 1.807) is 7.11 Å². The summed E-state index contributed by atoms with van der Waals surface area (Å²) in [6.07, 6.45) is 0. The molecular weight excluding hydrogens is 336 g/mol. The van der Waals surface area contributed by atoms with Crippen LogP contribution in [0, 0.1) is 13.8 Å². The van der Waals surface area contributed by atoms with Crippen molar-refractivity contribution in [1.82, 2.24) is 9.71 Å². The zero-order valence-corrected chi connectivity index (χ0v) is 15.8. The Hall–Kier alpha value is -3.27. The van der Waals surface area contributed by atoms with Crippen molar-refractivity contribution in [1.29, 1.82) is 0 Å². The van der Waals surface area contributed by atoms with Crippen LogP contribution in [-0.2, 0) is 6.61 Å². The number of nitrogens with zero attached hydrogens (tertiary/aromatic N) is 2. The molecule has 0 radical (unpaired) electrons. The maximum Gasteiger partial charge on any atom is 0.176 e. The van der Waals surface area contributed by atoms with Crippen molar-refractivity contribution >= 4 is 11.0 Å². The van der Waals surface area contributed by atoms with E-state index in [1.165, 1.54) is 11.1 Å². The Bertz CT molecular complexity index is 1060. The summed E-state index contributed by atoms with van der Waals surface area (Å²) in [5, 5.41) is 0. The van der Waals surface area contributed by atoms with Crippen molar-refractivity contribution in [2.45, 2.75) is 20.5 Å². The van der Waals surface area contributed by atoms with Gasteiger partial charge in [-0.2, -0.15) is 4.73 Å². The summed E-state index contributed by atoms with van der Waals surface area (Å²) in [6, 6.07) is 22.3. The van der Waals surface area contributed by atoms with Gasteiger partial charge in [-0.25, -0.2) is 4.98 Å². The molecule has 3 aromatic carbocycles. The normalized spacial score (nSPS) is 10.9. The predicted octanol–water partition coefficient (Wildman–Crippen LogP) is 4.96. The van der Waals surface area contributed by atoms with Gasteiger partial charge >= 0.3 is 0 Å². The van der Waals surface area contributed by atoms with Crippen LogP contribution in [0.2, 0.25) is 0 Å². The van der Waals surface area contributed by atoms with E-state index >= 15 is 0 Å². The zero-order valence-electron chi connectivity index (χ0n) is 15.8. The Balaban J connectivity index is 1.73. The molecule has 1 heterocycles. The number of methoxy groups -OCH3 is 1. The Morgan fingerprint density at radius 3 is 2.30 bits per heavy atom. The zero-order chi connectivity index (χ0) is 18.8. The molecule has 0 aliphatic rings. The van der Waals surface area contributed by atoms with E-state index < -0.39 is 0 Å². The summed E-state index contributed by atoms with van der Waals surface area (Å²) < 4.78 is 7.09. The highest BCUT2D eigenvalue weighted by molar-refractivity contribution is 5.80. The molecule has 4 heteroatoms. The minimum Gasteiger partial charge on any atom is -0.497 e. The van der Waals surface area contributed by atoms with E-state index in [9.17, 15) is 0 Å². The highest BCUT2D eigenvalue weighted by Gasteiger charge is 2.14. The molecule has 0 bridgehead atoms. The van der Waals surface area contributed by atoms with E-state index in [2.05, 4.69) is 32.0 Å². The number of imidazole rings is 1. The molecule has 0 unspecified atom stereocenters. The Morgan fingerprint density at radius 2 is 1.59 bits per heavy atom. The molecule has 0 amide bonds. The quantitative estimate of drug-likeness (QED) is 0.506. The number of para-hydroxylation sites is 2. The molecule has 0 saturated carbocycles. The predicted molar refractivity (Wildman–Crippen MR) is 108 cm³/mol. The fraction of sp³-hybridized carbons (Fsp3) is 0.174. The van der Waals surface area contributed by atoms with Crippen LogP contribution in [0.3, 0.4) is 0 Å². The van der Waals surface area contributed by atoms with Gasteiger partial charge < -0.3 is 9.57 Å². The molecule has 0 fully saturated rings. The Morgan fingerprint density at radius 1 is 0.889 bits per heavy atom. The molecule has 0 aliphatic carbocycles. The van der Waals surface area contributed by atoms with E-state index in [4.69, 9.17) is 14.6 Å². The first-order chi connectivity index (χ1) is 13.1. The van der Waals surface area contributed by atoms with Crippen LogP contribution in [0.5, 0.6) is 5.75 Å². The minimum absolute atomic E-state index is 0.478. The second-order valence-corrected chi connectivity index (χ2v) is 6.72. The van der Waals surface area contributed by atoms with Crippen molar-refractivity contribution in [2.24, 2.45) is 0 Å². The molecule has 0 aliphatic heterocycles. The molecule has 4 nitrogen and oxygen atoms in total. The maximum atomic E-state index is 6.22. The number of hydrogen-bond acceptors (Lipinski definition) is 3. The number of benzene rings is 3. The van der Waals surface area contributed by atoms with Gasteiger partial charge in [0.2, 0.25) is 0 Å². The monoisotopic (exact) mass is 358 g/mol. The minimum atomic E-state index is 0.478. The van der Waals surface area contributed by atoms with E-state index in [1.807, 2.05) is 53.3 Å². The van der Waals surface area contributed by atoms with E-state index in [0.717, 1.165) is 33.7 Å². The number of rotatable bonds is 5. The lowest BCUT2D eigenvalue weighted by molar-refractivity contribution is 0.110. The second kappa shape index (κ2) is 7.16. The van der Waals surface area contributed by atoms with Crippen molar-refractivity contribution in [2.75, 3.05) is 7.11 Å². The van der Waals surface area contributed by atoms with Crippen LogP contribution in [0.25, 0.3) is 22.4 Å². The number of ether oxygens (including phenoxy) is 1. The fourth-order valence-electron chi connectivity index (χ4n) is 3.35. The number of hydrogen-bond donors (Lipinski definition) is 0. The van der Waals surface area contributed by atoms with Crippen molar-refractivity contribution in [3.8, 4) is 17.1 Å². The van der Waals surface area contributed by atoms with Crippen molar-refractivity contribution in [3.05, 3.63) is 83.4 Å². The SMILES string of the molecule is COc1ccc(-c2nc3ccccc3n2OCc2cc(C)cc(C)c2)cc1. The largest absolute Gasteiger partial charge is 0.497 e. The van der Waals surface area contributed by atoms with Crippen LogP contribution < -0.4 is 9.57 Å². The van der Waals surface area contributed by atoms with Crippen LogP contribution >= 0.6 is 0 Å². The van der Waals surface area contributed by atoms with Crippen molar-refractivity contribution < 1.29 is 9.57 Å². The van der Waals surface area contributed by atoms with Crippen molar-refractivity contribution in [3.63, 3.8) is 0 Å². The van der Waals surface area contributed by atoms with Gasteiger partial charge in [0, 0.05) is 5.56 Å². The van der Waals surface area contributed by atoms with Gasteiger partial charge in [0.15, 0.2) is 5.82 Å². The smallest absolute Gasteiger partial charge is 0.176 e. The summed E-state index contributed by atoms with van der Waals surface area (Å²) in [7, 11) is 1.66. The lowest BCUT2D eigenvalue weighted by Gasteiger charge is -2.12. The van der Waals surface area contributed by atoms with Crippen LogP contribution in [-0.4, -0.2) is 16.8 Å². The third-order valence-corrected chi connectivity index (χ3v) is 4.51. The first kappa shape index (κ1) is 17.2. The second-order valence-electron chi connectivity index (χ2n) is 6.72. The summed E-state index contributed by atoms with van der Waals surface area (Å²) >= 11 is 0. The summed E-state index contributed by atoms with van der Waals surface area (Å²) in [4.78, 5) is 11.0. The number of aryl methyl sites for hydroxylation is 2. The summed E-state index contributed by atoms with van der Waals surface area (Å²) in [5.41, 5.74) is 6.45. The lowest BCUT2D eigenvalue weighted by Crippen LogP contribution is -2.12. The van der Waals surface area contributed by atoms with Crippen LogP contribution in [0.1, 0.15) is 16.7 Å². The molecule has 0 N–H and O–H groups in total. The topological polar surface area (TPSA) is 36.3 Å². The molecule has 1 aromatic heterocycles. The first-order valence-corrected chi connectivity index (χ1v) is 8.96. The highest BCUT2D eigenvalue weighted by Crippen LogP contribution is 2.26. The molecule has 4 rings (SSSR count). The third kappa shape index (κ3) is 3.51. The first-order valence-electron chi connectivity index (χ1n) is 8.96. The third-order valence-electron chi connectivity index (χ3n) is 4.51. The average molecular weight is 358 g/mol. The van der Waals surface area contributed by atoms with E-state index in [0.29, 0.717) is 6.61 Å². The summed E-state index contributed by atoms with van der Waals surface area (Å²) in [5.74, 6) is 1.60. The standard InChI is InChI=1S/C23H22N2O2/c1-16-12-17(2)14-18(13-16)15-27-25-22-7-5-4-6-21(22)24-23(25)19-8-10-20(26-3)11-9-19/h4-14H,15H2,1-3H3. The maximum absolute atomic E-state index is 6.22. The summed E-state index contributed by atoms with van der Waals surface area (Å²) in [6.45, 7) is 4.68. The molecule has 27 heavy (non-hydrogen) atoms. The molecule has 0 saturated heterocycles. The number of aromatic nitrogens is 2. The van der Waals surface area contributed by atoms with Gasteiger partial charge in [-0.1, -0.05) is 41.5 Å². The van der Waals surface area contributed by atoms with Gasteiger partial charge in [-0.15, -0.1) is 0 Å². The Kier molecular flexibility index (Phi) is 4.55. The Labute approximate surface area is 159 Å². The van der Waals surface area contributed by atoms with Gasteiger partial charge in [0.1, 0.15) is 17.9 Å². The molecule has 136 valence electrons. The van der Waals surface area contributed by atoms with Gasteiger partial charge in [-0.3, -0.25) is 0 Å². The van der Waals surface area contributed by atoms with Gasteiger partial charge in [-0.05, 0) is 55.8 Å². The molecule has 4 aromatic rings. The highest BCUT2D eigenvalue weighted by atomic mass is 16.7. The molecular formula is C23H22N2O2.